The Kier molecular flexibility index (Phi) is 6.50. The Morgan fingerprint density at radius 1 is 1.24 bits per heavy atom. The van der Waals surface area contributed by atoms with Crippen LogP contribution in [-0.4, -0.2) is 55.7 Å². The molecule has 1 fully saturated rings. The molecule has 0 spiro atoms. The van der Waals surface area contributed by atoms with Crippen LogP contribution in [0.3, 0.4) is 0 Å². The molecule has 2 N–H and O–H groups in total. The van der Waals surface area contributed by atoms with Crippen LogP contribution in [0.2, 0.25) is 0 Å². The van der Waals surface area contributed by atoms with Gasteiger partial charge in [0, 0.05) is 22.5 Å². The van der Waals surface area contributed by atoms with Crippen molar-refractivity contribution in [3.8, 4) is 5.75 Å². The molecule has 1 aromatic heterocycles. The number of aryl methyl sites for hydroxylation is 1. The van der Waals surface area contributed by atoms with Gasteiger partial charge in [0.25, 0.3) is 0 Å². The molecule has 0 aliphatic carbocycles. The Morgan fingerprint density at radius 3 is 2.68 bits per heavy atom. The maximum atomic E-state index is 14.0. The monoisotopic (exact) mass is 488 g/mol. The molecule has 0 amide bonds. The van der Waals surface area contributed by atoms with Gasteiger partial charge in [-0.15, -0.1) is 0 Å². The van der Waals surface area contributed by atoms with Crippen LogP contribution < -0.4 is 10.1 Å². The van der Waals surface area contributed by atoms with Crippen molar-refractivity contribution in [2.75, 3.05) is 24.8 Å². The molecular formula is C24H29FN4O4S. The lowest BCUT2D eigenvalue weighted by atomic mass is 10.1. The van der Waals surface area contributed by atoms with Crippen LogP contribution in [0, 0.1) is 12.7 Å². The fourth-order valence-electron chi connectivity index (χ4n) is 3.48. The Hall–Kier alpha value is -2.82. The number of rotatable bonds is 5. The first-order chi connectivity index (χ1) is 15.9. The van der Waals surface area contributed by atoms with Crippen LogP contribution in [0.5, 0.6) is 5.75 Å². The number of hydrogen-bond donors (Lipinski definition) is 2. The first-order valence-corrected chi connectivity index (χ1v) is 12.8. The summed E-state index contributed by atoms with van der Waals surface area (Å²) in [6.07, 6.45) is 1.69. The number of nitrogens with zero attached hydrogens (tertiary/aromatic N) is 3. The summed E-state index contributed by atoms with van der Waals surface area (Å²) in [4.78, 5) is 8.77. The minimum Gasteiger partial charge on any atom is -0.483 e. The summed E-state index contributed by atoms with van der Waals surface area (Å²) in [7, 11) is -2.49. The number of halogens is 1. The van der Waals surface area contributed by atoms with Crippen molar-refractivity contribution in [3.63, 3.8) is 0 Å². The Balaban J connectivity index is 1.73. The quantitative estimate of drug-likeness (QED) is 0.545. The molecule has 3 atom stereocenters. The predicted molar refractivity (Wildman–Crippen MR) is 131 cm³/mol. The van der Waals surface area contributed by atoms with Crippen LogP contribution in [0.1, 0.15) is 26.3 Å². The van der Waals surface area contributed by atoms with Gasteiger partial charge >= 0.3 is 0 Å². The molecule has 182 valence electrons. The minimum atomic E-state index is -2.49. The number of ether oxygens (including phenoxy) is 2. The second-order valence-electron chi connectivity index (χ2n) is 9.41. The second-order valence-corrected chi connectivity index (χ2v) is 12.4. The number of aliphatic hydroxyl groups is 1. The third-order valence-corrected chi connectivity index (χ3v) is 8.64. The normalized spacial score (nSPS) is 20.2. The molecule has 0 bridgehead atoms. The first-order valence-electron chi connectivity index (χ1n) is 10.9. The van der Waals surface area contributed by atoms with Crippen LogP contribution in [0.15, 0.2) is 41.0 Å². The van der Waals surface area contributed by atoms with Crippen LogP contribution in [-0.2, 0) is 14.5 Å². The molecule has 0 radical (unpaired) electrons. The zero-order chi connectivity index (χ0) is 24.7. The third-order valence-electron chi connectivity index (χ3n) is 5.81. The van der Waals surface area contributed by atoms with Crippen molar-refractivity contribution in [1.29, 1.82) is 0 Å². The predicted octanol–water partition coefficient (Wildman–Crippen LogP) is 4.49. The summed E-state index contributed by atoms with van der Waals surface area (Å²) in [6, 6.07) is 7.74. The van der Waals surface area contributed by atoms with Gasteiger partial charge in [-0.3, -0.25) is 0 Å². The van der Waals surface area contributed by atoms with E-state index in [4.69, 9.17) is 9.47 Å². The fourth-order valence-corrected chi connectivity index (χ4v) is 4.26. The summed E-state index contributed by atoms with van der Waals surface area (Å²) >= 11 is 0. The van der Waals surface area contributed by atoms with Crippen molar-refractivity contribution in [1.82, 2.24) is 9.97 Å². The van der Waals surface area contributed by atoms with Gasteiger partial charge in [-0.2, -0.15) is 4.36 Å². The molecule has 3 aromatic rings. The molecule has 8 nitrogen and oxygen atoms in total. The fraction of sp³-hybridized carbons (Fsp3) is 0.417. The van der Waals surface area contributed by atoms with Gasteiger partial charge in [0.15, 0.2) is 6.10 Å². The van der Waals surface area contributed by atoms with Gasteiger partial charge in [0.2, 0.25) is 0 Å². The summed E-state index contributed by atoms with van der Waals surface area (Å²) in [5, 5.41) is 14.0. The summed E-state index contributed by atoms with van der Waals surface area (Å²) in [5.74, 6) is 0.272. The molecule has 1 aliphatic rings. The zero-order valence-electron chi connectivity index (χ0n) is 19.8. The van der Waals surface area contributed by atoms with E-state index >= 15 is 0 Å². The number of benzene rings is 2. The molecule has 10 heteroatoms. The van der Waals surface area contributed by atoms with E-state index in [1.165, 1.54) is 18.5 Å². The Labute approximate surface area is 198 Å². The lowest BCUT2D eigenvalue weighted by Crippen LogP contribution is -2.30. The van der Waals surface area contributed by atoms with Crippen molar-refractivity contribution in [2.24, 2.45) is 4.36 Å². The highest BCUT2D eigenvalue weighted by Crippen LogP contribution is 2.35. The highest BCUT2D eigenvalue weighted by Gasteiger charge is 2.29. The summed E-state index contributed by atoms with van der Waals surface area (Å²) in [6.45, 7) is 7.99. The van der Waals surface area contributed by atoms with Crippen molar-refractivity contribution >= 4 is 37.8 Å². The van der Waals surface area contributed by atoms with E-state index in [1.807, 2.05) is 33.8 Å². The molecule has 1 unspecified atom stereocenters. The number of anilines is 2. The first kappa shape index (κ1) is 24.3. The van der Waals surface area contributed by atoms with Crippen LogP contribution in [0.4, 0.5) is 21.6 Å². The topological polar surface area (TPSA) is 106 Å². The molecular weight excluding hydrogens is 459 g/mol. The van der Waals surface area contributed by atoms with Gasteiger partial charge in [0.1, 0.15) is 29.8 Å². The van der Waals surface area contributed by atoms with E-state index in [9.17, 15) is 13.7 Å². The summed E-state index contributed by atoms with van der Waals surface area (Å²) < 4.78 is 42.2. The standard InChI is InChI=1S/C24H29FN4O4S/c1-14-8-16(29-34(5,31)24(2,3)4)10-18-22(14)23(27-13-26-18)28-17-7-6-15(25)9-20(17)33-21-12-32-11-19(21)30/h6-10,13,19,21,30H,11-12H2,1-5H3,(H,26,27,28)/t19-,21+,34?/m0/s1. The highest BCUT2D eigenvalue weighted by atomic mass is 32.2. The highest BCUT2D eigenvalue weighted by molar-refractivity contribution is 7.94. The molecule has 2 heterocycles. The largest absolute Gasteiger partial charge is 0.483 e. The van der Waals surface area contributed by atoms with E-state index in [1.54, 1.807) is 18.4 Å². The zero-order valence-corrected chi connectivity index (χ0v) is 20.6. The van der Waals surface area contributed by atoms with Gasteiger partial charge in [-0.1, -0.05) is 0 Å². The maximum Gasteiger partial charge on any atom is 0.150 e. The van der Waals surface area contributed by atoms with E-state index in [0.29, 0.717) is 22.7 Å². The maximum absolute atomic E-state index is 14.0. The van der Waals surface area contributed by atoms with Gasteiger partial charge in [-0.05, 0) is 57.5 Å². The van der Waals surface area contributed by atoms with Gasteiger partial charge < -0.3 is 19.9 Å². The van der Waals surface area contributed by atoms with Gasteiger partial charge in [-0.25, -0.2) is 18.6 Å². The molecule has 0 saturated carbocycles. The molecule has 2 aromatic carbocycles. The molecule has 34 heavy (non-hydrogen) atoms. The van der Waals surface area contributed by atoms with Crippen LogP contribution >= 0.6 is 0 Å². The average molecular weight is 489 g/mol. The van der Waals surface area contributed by atoms with E-state index in [2.05, 4.69) is 19.6 Å². The van der Waals surface area contributed by atoms with Crippen molar-refractivity contribution in [2.45, 2.75) is 44.6 Å². The van der Waals surface area contributed by atoms with E-state index in [-0.39, 0.29) is 19.0 Å². The average Bonchev–Trinajstić information content (AvgIpc) is 3.13. The summed E-state index contributed by atoms with van der Waals surface area (Å²) in [5.41, 5.74) is 2.54. The Bertz CT molecular complexity index is 1350. The van der Waals surface area contributed by atoms with Gasteiger partial charge in [0.05, 0.1) is 39.8 Å². The number of aliphatic hydroxyl groups excluding tert-OH is 1. The molecule has 4 rings (SSSR count). The van der Waals surface area contributed by atoms with E-state index < -0.39 is 32.5 Å². The lowest BCUT2D eigenvalue weighted by Gasteiger charge is -2.21. The number of nitrogens with one attached hydrogen (secondary N) is 1. The molecule has 1 aliphatic heterocycles. The second kappa shape index (κ2) is 9.09. The van der Waals surface area contributed by atoms with Crippen molar-refractivity contribution < 1.29 is 23.2 Å². The SMILES string of the molecule is Cc1cc(N=S(C)(=O)C(C)(C)C)cc2ncnc(Nc3ccc(F)cc3O[C@@H]3COC[C@@H]3O)c12. The molecule has 1 saturated heterocycles. The third kappa shape index (κ3) is 4.98. The van der Waals surface area contributed by atoms with Crippen LogP contribution in [0.25, 0.3) is 10.9 Å². The van der Waals surface area contributed by atoms with Crippen molar-refractivity contribution in [3.05, 3.63) is 48.0 Å². The lowest BCUT2D eigenvalue weighted by molar-refractivity contribution is 0.0736. The number of fused-ring (bicyclic) bond motifs is 1. The number of hydrogen-bond acceptors (Lipinski definition) is 8. The smallest absolute Gasteiger partial charge is 0.150 e. The van der Waals surface area contributed by atoms with E-state index in [0.717, 1.165) is 10.9 Å². The number of aromatic nitrogens is 2. The Morgan fingerprint density at radius 2 is 2.00 bits per heavy atom. The minimum absolute atomic E-state index is 0.172.